The molecule has 1 aliphatic rings. The van der Waals surface area contributed by atoms with Crippen LogP contribution in [0.25, 0.3) is 0 Å². The van der Waals surface area contributed by atoms with Crippen molar-refractivity contribution in [2.45, 2.75) is 38.3 Å². The number of hydrogen-bond acceptors (Lipinski definition) is 5. The molecule has 0 bridgehead atoms. The first-order valence-electron chi connectivity index (χ1n) is 10.2. The molecule has 2 aromatic rings. The predicted molar refractivity (Wildman–Crippen MR) is 119 cm³/mol. The van der Waals surface area contributed by atoms with Gasteiger partial charge in [-0.3, -0.25) is 4.79 Å². The van der Waals surface area contributed by atoms with Gasteiger partial charge in [-0.15, -0.1) is 0 Å². The molecule has 2 atom stereocenters. The molecule has 168 valence electrons. The molecule has 1 fully saturated rings. The van der Waals surface area contributed by atoms with Crippen molar-refractivity contribution < 1.29 is 24.7 Å². The summed E-state index contributed by atoms with van der Waals surface area (Å²) in [7, 11) is 0. The molecule has 0 aromatic heterocycles. The van der Waals surface area contributed by atoms with E-state index in [0.29, 0.717) is 12.1 Å². The molecular formula is C23H26N4O5. The number of aryl methyl sites for hydroxylation is 1. The van der Waals surface area contributed by atoms with E-state index in [-0.39, 0.29) is 12.1 Å². The minimum absolute atomic E-state index is 0.0824. The molecule has 0 saturated carbocycles. The number of aliphatic carboxylic acids is 1. The Kier molecular flexibility index (Phi) is 6.77. The lowest BCUT2D eigenvalue weighted by molar-refractivity contribution is -0.153. The normalized spacial score (nSPS) is 20.6. The molecule has 0 aliphatic carbocycles. The van der Waals surface area contributed by atoms with Crippen LogP contribution in [-0.4, -0.2) is 50.9 Å². The van der Waals surface area contributed by atoms with Crippen LogP contribution in [0, 0.1) is 6.92 Å². The Morgan fingerprint density at radius 3 is 2.50 bits per heavy atom. The van der Waals surface area contributed by atoms with Crippen molar-refractivity contribution in [1.82, 2.24) is 10.2 Å². The Morgan fingerprint density at radius 2 is 1.88 bits per heavy atom. The first-order valence-corrected chi connectivity index (χ1v) is 10.2. The number of urea groups is 1. The molecule has 1 heterocycles. The SMILES string of the molecule is CC(=NO)C1(C(=O)O)CCC(c2ccccc2)N1C(=O)CNC(=O)Nc1cccc(C)c1. The zero-order valence-corrected chi connectivity index (χ0v) is 17.9. The molecule has 3 amide bonds. The number of carbonyl (C=O) groups excluding carboxylic acids is 2. The second-order valence-electron chi connectivity index (χ2n) is 7.76. The van der Waals surface area contributed by atoms with Crippen molar-refractivity contribution >= 4 is 29.3 Å². The van der Waals surface area contributed by atoms with Gasteiger partial charge in [-0.1, -0.05) is 47.6 Å². The van der Waals surface area contributed by atoms with Crippen molar-refractivity contribution in [3.05, 3.63) is 65.7 Å². The second-order valence-corrected chi connectivity index (χ2v) is 7.76. The van der Waals surface area contributed by atoms with Gasteiger partial charge < -0.3 is 25.8 Å². The molecular weight excluding hydrogens is 412 g/mol. The quantitative estimate of drug-likeness (QED) is 0.313. The third-order valence-electron chi connectivity index (χ3n) is 5.73. The number of likely N-dealkylation sites (tertiary alicyclic amines) is 1. The van der Waals surface area contributed by atoms with Crippen molar-refractivity contribution in [2.24, 2.45) is 5.16 Å². The minimum Gasteiger partial charge on any atom is -0.479 e. The van der Waals surface area contributed by atoms with E-state index < -0.39 is 36.0 Å². The van der Waals surface area contributed by atoms with Crippen LogP contribution >= 0.6 is 0 Å². The maximum absolute atomic E-state index is 13.3. The van der Waals surface area contributed by atoms with Gasteiger partial charge in [-0.05, 0) is 49.9 Å². The van der Waals surface area contributed by atoms with Crippen LogP contribution < -0.4 is 10.6 Å². The maximum Gasteiger partial charge on any atom is 0.335 e. The zero-order chi connectivity index (χ0) is 23.3. The van der Waals surface area contributed by atoms with E-state index in [4.69, 9.17) is 0 Å². The number of carbonyl (C=O) groups is 3. The number of benzene rings is 2. The van der Waals surface area contributed by atoms with Gasteiger partial charge in [0.15, 0.2) is 5.54 Å². The molecule has 1 aliphatic heterocycles. The molecule has 1 saturated heterocycles. The fourth-order valence-electron chi connectivity index (χ4n) is 4.18. The number of rotatable bonds is 6. The molecule has 2 aromatic carbocycles. The van der Waals surface area contributed by atoms with Gasteiger partial charge in [0.25, 0.3) is 0 Å². The first-order chi connectivity index (χ1) is 15.3. The lowest BCUT2D eigenvalue weighted by atomic mass is 9.91. The third-order valence-corrected chi connectivity index (χ3v) is 5.73. The highest BCUT2D eigenvalue weighted by molar-refractivity contribution is 6.12. The van der Waals surface area contributed by atoms with Crippen LogP contribution in [0.4, 0.5) is 10.5 Å². The van der Waals surface area contributed by atoms with E-state index in [1.54, 1.807) is 30.3 Å². The lowest BCUT2D eigenvalue weighted by Crippen LogP contribution is -2.60. The molecule has 32 heavy (non-hydrogen) atoms. The second kappa shape index (κ2) is 9.51. The van der Waals surface area contributed by atoms with Crippen molar-refractivity contribution in [3.8, 4) is 0 Å². The summed E-state index contributed by atoms with van der Waals surface area (Å²) in [5, 5.41) is 27.7. The Morgan fingerprint density at radius 1 is 1.16 bits per heavy atom. The number of carboxylic acids is 1. The van der Waals surface area contributed by atoms with Crippen LogP contribution in [0.15, 0.2) is 59.8 Å². The van der Waals surface area contributed by atoms with E-state index in [1.165, 1.54) is 11.8 Å². The lowest BCUT2D eigenvalue weighted by Gasteiger charge is -2.37. The Labute approximate surface area is 185 Å². The van der Waals surface area contributed by atoms with Gasteiger partial charge in [0.1, 0.15) is 0 Å². The van der Waals surface area contributed by atoms with E-state index in [1.807, 2.05) is 31.2 Å². The summed E-state index contributed by atoms with van der Waals surface area (Å²) in [5.41, 5.74) is 0.397. The third kappa shape index (κ3) is 4.41. The van der Waals surface area contributed by atoms with Crippen molar-refractivity contribution in [1.29, 1.82) is 0 Å². The number of anilines is 1. The Balaban J connectivity index is 1.84. The molecule has 0 spiro atoms. The molecule has 3 rings (SSSR count). The van der Waals surface area contributed by atoms with Gasteiger partial charge in [0, 0.05) is 5.69 Å². The predicted octanol–water partition coefficient (Wildman–Crippen LogP) is 3.15. The maximum atomic E-state index is 13.3. The molecule has 9 heteroatoms. The van der Waals surface area contributed by atoms with Crippen LogP contribution in [0.3, 0.4) is 0 Å². The minimum atomic E-state index is -1.80. The highest BCUT2D eigenvalue weighted by Gasteiger charge is 2.57. The highest BCUT2D eigenvalue weighted by atomic mass is 16.4. The van der Waals surface area contributed by atoms with Crippen LogP contribution in [-0.2, 0) is 9.59 Å². The summed E-state index contributed by atoms with van der Waals surface area (Å²) in [5.74, 6) is -1.88. The summed E-state index contributed by atoms with van der Waals surface area (Å²) in [6.07, 6.45) is 0.448. The number of amides is 3. The topological polar surface area (TPSA) is 131 Å². The van der Waals surface area contributed by atoms with Gasteiger partial charge in [0.2, 0.25) is 5.91 Å². The summed E-state index contributed by atoms with van der Waals surface area (Å²) in [6.45, 7) is 2.84. The smallest absolute Gasteiger partial charge is 0.335 e. The van der Waals surface area contributed by atoms with Crippen molar-refractivity contribution in [3.63, 3.8) is 0 Å². The average molecular weight is 438 g/mol. The average Bonchev–Trinajstić information content (AvgIpc) is 3.19. The van der Waals surface area contributed by atoms with Crippen LogP contribution in [0.5, 0.6) is 0 Å². The first kappa shape index (κ1) is 22.8. The number of nitrogens with one attached hydrogen (secondary N) is 2. The van der Waals surface area contributed by atoms with Crippen molar-refractivity contribution in [2.75, 3.05) is 11.9 Å². The molecule has 4 N–H and O–H groups in total. The Hall–Kier alpha value is -3.88. The summed E-state index contributed by atoms with van der Waals surface area (Å²) >= 11 is 0. The standard InChI is InChI=1S/C23H26N4O5/c1-15-7-6-10-18(13-15)25-22(31)24-14-20(28)27-19(17-8-4-3-5-9-17)11-12-23(27,21(29)30)16(2)26-32/h3-10,13,19,32H,11-12,14H2,1-2H3,(H,29,30)(H2,24,25,31). The summed E-state index contributed by atoms with van der Waals surface area (Å²) < 4.78 is 0. The fourth-order valence-corrected chi connectivity index (χ4v) is 4.18. The zero-order valence-electron chi connectivity index (χ0n) is 17.9. The van der Waals surface area contributed by atoms with Gasteiger partial charge in [-0.25, -0.2) is 9.59 Å². The molecule has 9 nitrogen and oxygen atoms in total. The van der Waals surface area contributed by atoms with E-state index >= 15 is 0 Å². The van der Waals surface area contributed by atoms with Gasteiger partial charge in [-0.2, -0.15) is 0 Å². The Bertz CT molecular complexity index is 1040. The summed E-state index contributed by atoms with van der Waals surface area (Å²) in [6, 6.07) is 15.1. The number of carboxylic acid groups (broad SMARTS) is 1. The van der Waals surface area contributed by atoms with E-state index in [2.05, 4.69) is 15.8 Å². The van der Waals surface area contributed by atoms with E-state index in [0.717, 1.165) is 11.1 Å². The fraction of sp³-hybridized carbons (Fsp3) is 0.304. The number of oxime groups is 1. The van der Waals surface area contributed by atoms with Gasteiger partial charge >= 0.3 is 12.0 Å². The van der Waals surface area contributed by atoms with E-state index in [9.17, 15) is 24.7 Å². The number of hydrogen-bond donors (Lipinski definition) is 4. The summed E-state index contributed by atoms with van der Waals surface area (Å²) in [4.78, 5) is 39.1. The van der Waals surface area contributed by atoms with Crippen LogP contribution in [0.2, 0.25) is 0 Å². The number of nitrogens with zero attached hydrogens (tertiary/aromatic N) is 2. The molecule has 2 unspecified atom stereocenters. The van der Waals surface area contributed by atoms with Crippen LogP contribution in [0.1, 0.15) is 36.9 Å². The monoisotopic (exact) mass is 438 g/mol. The highest BCUT2D eigenvalue weighted by Crippen LogP contribution is 2.44. The largest absolute Gasteiger partial charge is 0.479 e. The van der Waals surface area contributed by atoms with Gasteiger partial charge in [0.05, 0.1) is 18.3 Å². The molecule has 0 radical (unpaired) electrons.